The number of carbonyl (C=O) groups excluding carboxylic acids is 1. The lowest BCUT2D eigenvalue weighted by Crippen LogP contribution is -2.31. The normalized spacial score (nSPS) is 16.6. The van der Waals surface area contributed by atoms with Crippen LogP contribution >= 0.6 is 11.8 Å². The molecular weight excluding hydrogens is 314 g/mol. The molecule has 0 fully saturated rings. The van der Waals surface area contributed by atoms with E-state index in [1.807, 2.05) is 36.0 Å². The molecular formula is C21H19NOS. The highest BCUT2D eigenvalue weighted by molar-refractivity contribution is 7.99. The largest absolute Gasteiger partial charge is 0.349 e. The van der Waals surface area contributed by atoms with Gasteiger partial charge in [0.25, 0.3) is 0 Å². The van der Waals surface area contributed by atoms with E-state index in [9.17, 15) is 4.79 Å². The van der Waals surface area contributed by atoms with Crippen molar-refractivity contribution in [1.29, 1.82) is 0 Å². The molecule has 1 aliphatic heterocycles. The highest BCUT2D eigenvalue weighted by Gasteiger charge is 2.22. The monoisotopic (exact) mass is 333 g/mol. The predicted molar refractivity (Wildman–Crippen MR) is 100 cm³/mol. The second kappa shape index (κ2) is 6.70. The summed E-state index contributed by atoms with van der Waals surface area (Å²) in [6.07, 6.45) is 1.41. The maximum atomic E-state index is 12.6. The minimum atomic E-state index is 0.0954. The molecule has 1 heterocycles. The van der Waals surface area contributed by atoms with Gasteiger partial charge in [-0.15, -0.1) is 11.8 Å². The van der Waals surface area contributed by atoms with Gasteiger partial charge in [0, 0.05) is 10.6 Å². The summed E-state index contributed by atoms with van der Waals surface area (Å²) < 4.78 is 0. The summed E-state index contributed by atoms with van der Waals surface area (Å²) in [5.41, 5.74) is 2.34. The van der Waals surface area contributed by atoms with Crippen LogP contribution in [0.15, 0.2) is 71.6 Å². The molecule has 24 heavy (non-hydrogen) atoms. The van der Waals surface area contributed by atoms with Gasteiger partial charge >= 0.3 is 0 Å². The van der Waals surface area contributed by atoms with E-state index in [-0.39, 0.29) is 11.9 Å². The number of benzene rings is 3. The van der Waals surface area contributed by atoms with Crippen LogP contribution in [0.25, 0.3) is 10.8 Å². The Labute approximate surface area is 146 Å². The van der Waals surface area contributed by atoms with Crippen LogP contribution in [0.3, 0.4) is 0 Å². The molecule has 0 saturated carbocycles. The Hall–Kier alpha value is -2.26. The van der Waals surface area contributed by atoms with E-state index < -0.39 is 0 Å². The lowest BCUT2D eigenvalue weighted by atomic mass is 10.0. The summed E-state index contributed by atoms with van der Waals surface area (Å²) in [6, 6.07) is 22.9. The third kappa shape index (κ3) is 3.04. The van der Waals surface area contributed by atoms with Gasteiger partial charge in [-0.2, -0.15) is 0 Å². The van der Waals surface area contributed by atoms with Crippen LogP contribution < -0.4 is 5.32 Å². The Morgan fingerprint density at radius 3 is 2.75 bits per heavy atom. The second-order valence-electron chi connectivity index (χ2n) is 6.11. The van der Waals surface area contributed by atoms with E-state index in [1.54, 1.807) is 0 Å². The lowest BCUT2D eigenvalue weighted by molar-refractivity contribution is -0.121. The molecule has 3 heteroatoms. The molecule has 1 N–H and O–H groups in total. The fourth-order valence-electron chi connectivity index (χ4n) is 3.36. The van der Waals surface area contributed by atoms with E-state index in [0.717, 1.165) is 23.1 Å². The fraction of sp³-hybridized carbons (Fsp3) is 0.190. The zero-order valence-corrected chi connectivity index (χ0v) is 14.2. The molecule has 0 unspecified atom stereocenters. The first-order chi connectivity index (χ1) is 11.8. The summed E-state index contributed by atoms with van der Waals surface area (Å²) in [5.74, 6) is 1.15. The van der Waals surface area contributed by atoms with Gasteiger partial charge in [0.1, 0.15) is 0 Å². The van der Waals surface area contributed by atoms with Crippen LogP contribution in [0.1, 0.15) is 23.6 Å². The van der Waals surface area contributed by atoms with Crippen molar-refractivity contribution in [3.63, 3.8) is 0 Å². The van der Waals surface area contributed by atoms with Crippen LogP contribution in [-0.2, 0) is 11.2 Å². The molecule has 1 atom stereocenters. The number of fused-ring (bicyclic) bond motifs is 2. The summed E-state index contributed by atoms with van der Waals surface area (Å²) >= 11 is 1.87. The molecule has 0 aliphatic carbocycles. The number of amides is 1. The molecule has 1 amide bonds. The van der Waals surface area contributed by atoms with Crippen LogP contribution in [-0.4, -0.2) is 11.7 Å². The minimum absolute atomic E-state index is 0.0954. The summed E-state index contributed by atoms with van der Waals surface area (Å²) in [5, 5.41) is 5.58. The highest BCUT2D eigenvalue weighted by Crippen LogP contribution is 2.35. The highest BCUT2D eigenvalue weighted by atomic mass is 32.2. The van der Waals surface area contributed by atoms with Crippen LogP contribution in [0.2, 0.25) is 0 Å². The van der Waals surface area contributed by atoms with Crippen molar-refractivity contribution in [2.75, 3.05) is 5.75 Å². The maximum absolute atomic E-state index is 12.6. The Morgan fingerprint density at radius 2 is 1.79 bits per heavy atom. The third-order valence-corrected chi connectivity index (χ3v) is 5.65. The molecule has 0 aromatic heterocycles. The second-order valence-corrected chi connectivity index (χ2v) is 7.25. The SMILES string of the molecule is O=C(Cc1cccc2ccccc12)N[C@@H]1CCSc2ccccc21. The average Bonchev–Trinajstić information content (AvgIpc) is 2.62. The van der Waals surface area contributed by atoms with Crippen molar-refractivity contribution >= 4 is 28.4 Å². The number of nitrogens with one attached hydrogen (secondary N) is 1. The van der Waals surface area contributed by atoms with Crippen molar-refractivity contribution in [2.24, 2.45) is 0 Å². The van der Waals surface area contributed by atoms with Gasteiger partial charge in [0.05, 0.1) is 12.5 Å². The van der Waals surface area contributed by atoms with Crippen LogP contribution in [0.5, 0.6) is 0 Å². The molecule has 3 aromatic carbocycles. The van der Waals surface area contributed by atoms with Crippen molar-refractivity contribution < 1.29 is 4.79 Å². The van der Waals surface area contributed by atoms with Gasteiger partial charge in [0.2, 0.25) is 5.91 Å². The Balaban J connectivity index is 1.53. The number of thioether (sulfide) groups is 1. The summed E-state index contributed by atoms with van der Waals surface area (Å²) in [4.78, 5) is 13.9. The molecule has 0 bridgehead atoms. The van der Waals surface area contributed by atoms with Crippen LogP contribution in [0.4, 0.5) is 0 Å². The number of hydrogen-bond acceptors (Lipinski definition) is 2. The van der Waals surface area contributed by atoms with Gasteiger partial charge in [-0.05, 0) is 34.4 Å². The molecule has 2 nitrogen and oxygen atoms in total. The fourth-order valence-corrected chi connectivity index (χ4v) is 4.48. The first-order valence-corrected chi connectivity index (χ1v) is 9.27. The standard InChI is InChI=1S/C21H19NOS/c23-21(14-16-8-5-7-15-6-1-2-9-17(15)16)22-19-12-13-24-20-11-4-3-10-18(19)20/h1-11,19H,12-14H2,(H,22,23)/t19-/m1/s1. The van der Waals surface area contributed by atoms with Gasteiger partial charge in [0.15, 0.2) is 0 Å². The topological polar surface area (TPSA) is 29.1 Å². The van der Waals surface area contributed by atoms with E-state index in [2.05, 4.69) is 47.8 Å². The zero-order chi connectivity index (χ0) is 16.4. The average molecular weight is 333 g/mol. The number of hydrogen-bond donors (Lipinski definition) is 1. The zero-order valence-electron chi connectivity index (χ0n) is 13.4. The first-order valence-electron chi connectivity index (χ1n) is 8.29. The molecule has 4 rings (SSSR count). The van der Waals surface area contributed by atoms with E-state index >= 15 is 0 Å². The summed E-state index contributed by atoms with van der Waals surface area (Å²) in [6.45, 7) is 0. The van der Waals surface area contributed by atoms with Crippen molar-refractivity contribution in [3.8, 4) is 0 Å². The molecule has 0 saturated heterocycles. The molecule has 1 aliphatic rings. The lowest BCUT2D eigenvalue weighted by Gasteiger charge is -2.26. The quantitative estimate of drug-likeness (QED) is 0.750. The predicted octanol–water partition coefficient (Wildman–Crippen LogP) is 4.74. The van der Waals surface area contributed by atoms with Crippen molar-refractivity contribution in [1.82, 2.24) is 5.32 Å². The smallest absolute Gasteiger partial charge is 0.224 e. The third-order valence-electron chi connectivity index (χ3n) is 4.52. The first kappa shape index (κ1) is 15.3. The van der Waals surface area contributed by atoms with Crippen LogP contribution in [0, 0.1) is 0 Å². The molecule has 0 spiro atoms. The van der Waals surface area contributed by atoms with Crippen molar-refractivity contribution in [3.05, 3.63) is 77.9 Å². The Kier molecular flexibility index (Phi) is 4.26. The van der Waals surface area contributed by atoms with Gasteiger partial charge in [-0.1, -0.05) is 60.7 Å². The van der Waals surface area contributed by atoms with Crippen molar-refractivity contribution in [2.45, 2.75) is 23.8 Å². The minimum Gasteiger partial charge on any atom is -0.349 e. The number of rotatable bonds is 3. The Bertz CT molecular complexity index is 884. The van der Waals surface area contributed by atoms with E-state index in [4.69, 9.17) is 0 Å². The van der Waals surface area contributed by atoms with E-state index in [0.29, 0.717) is 6.42 Å². The van der Waals surface area contributed by atoms with Gasteiger partial charge in [-0.25, -0.2) is 0 Å². The number of carbonyl (C=O) groups is 1. The summed E-state index contributed by atoms with van der Waals surface area (Å²) in [7, 11) is 0. The molecule has 3 aromatic rings. The Morgan fingerprint density at radius 1 is 1.00 bits per heavy atom. The van der Waals surface area contributed by atoms with E-state index in [1.165, 1.54) is 15.8 Å². The van der Waals surface area contributed by atoms with Gasteiger partial charge in [-0.3, -0.25) is 4.79 Å². The molecule has 120 valence electrons. The molecule has 0 radical (unpaired) electrons. The maximum Gasteiger partial charge on any atom is 0.224 e. The van der Waals surface area contributed by atoms with Gasteiger partial charge < -0.3 is 5.32 Å².